The minimum absolute atomic E-state index is 0.0729. The zero-order valence-electron chi connectivity index (χ0n) is 10.3. The van der Waals surface area contributed by atoms with E-state index in [0.717, 1.165) is 5.56 Å². The fourth-order valence-corrected chi connectivity index (χ4v) is 1.62. The van der Waals surface area contributed by atoms with Crippen molar-refractivity contribution < 1.29 is 9.66 Å². The molecule has 2 aromatic rings. The van der Waals surface area contributed by atoms with Crippen LogP contribution in [0.1, 0.15) is 5.56 Å². The lowest BCUT2D eigenvalue weighted by Gasteiger charge is -2.07. The summed E-state index contributed by atoms with van der Waals surface area (Å²) in [4.78, 5) is 13.0. The molecule has 0 aliphatic carbocycles. The van der Waals surface area contributed by atoms with E-state index in [2.05, 4.69) is 10.0 Å². The number of ether oxygens (including phenoxy) is 1. The van der Waals surface area contributed by atoms with Crippen molar-refractivity contribution in [2.75, 3.05) is 0 Å². The molecule has 0 radical (unpaired) electrons. The number of hydrogen-bond acceptors (Lipinski definition) is 4. The van der Waals surface area contributed by atoms with Crippen LogP contribution in [-0.2, 0) is 6.61 Å². The Morgan fingerprint density at radius 1 is 1.25 bits per heavy atom. The van der Waals surface area contributed by atoms with Crippen molar-refractivity contribution >= 4 is 11.4 Å². The molecular formula is C13H10N4O3. The highest BCUT2D eigenvalue weighted by molar-refractivity contribution is 5.55. The summed E-state index contributed by atoms with van der Waals surface area (Å²) in [6, 6.07) is 13.2. The number of benzene rings is 2. The number of azide groups is 1. The van der Waals surface area contributed by atoms with Gasteiger partial charge in [0.25, 0.3) is 0 Å². The first-order valence-corrected chi connectivity index (χ1v) is 5.71. The van der Waals surface area contributed by atoms with Crippen LogP contribution in [0, 0.1) is 10.1 Å². The van der Waals surface area contributed by atoms with Gasteiger partial charge in [-0.1, -0.05) is 35.4 Å². The zero-order chi connectivity index (χ0) is 14.4. The molecule has 0 spiro atoms. The Labute approximate surface area is 114 Å². The van der Waals surface area contributed by atoms with E-state index in [1.807, 2.05) is 30.3 Å². The molecule has 7 nitrogen and oxygen atoms in total. The van der Waals surface area contributed by atoms with Crippen LogP contribution in [0.4, 0.5) is 11.4 Å². The van der Waals surface area contributed by atoms with Gasteiger partial charge in [0.2, 0.25) is 0 Å². The Bertz CT molecular complexity index is 667. The molecule has 0 N–H and O–H groups in total. The van der Waals surface area contributed by atoms with Gasteiger partial charge in [0.15, 0.2) is 5.75 Å². The number of rotatable bonds is 5. The third-order valence-electron chi connectivity index (χ3n) is 2.54. The Balaban J connectivity index is 2.25. The van der Waals surface area contributed by atoms with Crippen LogP contribution in [0.5, 0.6) is 5.75 Å². The lowest BCUT2D eigenvalue weighted by atomic mass is 10.2. The fraction of sp³-hybridized carbons (Fsp3) is 0.0769. The first-order chi connectivity index (χ1) is 9.70. The number of nitro benzene ring substituents is 1. The molecule has 20 heavy (non-hydrogen) atoms. The topological polar surface area (TPSA) is 101 Å². The smallest absolute Gasteiger partial charge is 0.310 e. The van der Waals surface area contributed by atoms with Gasteiger partial charge in [0.1, 0.15) is 6.61 Å². The molecular weight excluding hydrogens is 260 g/mol. The Morgan fingerprint density at radius 3 is 2.65 bits per heavy atom. The van der Waals surface area contributed by atoms with E-state index in [1.165, 1.54) is 18.2 Å². The van der Waals surface area contributed by atoms with Crippen molar-refractivity contribution in [1.29, 1.82) is 0 Å². The molecule has 100 valence electrons. The van der Waals surface area contributed by atoms with E-state index in [-0.39, 0.29) is 23.7 Å². The van der Waals surface area contributed by atoms with Gasteiger partial charge in [-0.25, -0.2) is 0 Å². The molecule has 0 amide bonds. The van der Waals surface area contributed by atoms with Crippen LogP contribution in [0.25, 0.3) is 10.4 Å². The minimum Gasteiger partial charge on any atom is -0.482 e. The third kappa shape index (κ3) is 3.24. The van der Waals surface area contributed by atoms with Gasteiger partial charge in [-0.3, -0.25) is 10.1 Å². The average molecular weight is 270 g/mol. The quantitative estimate of drug-likeness (QED) is 0.268. The van der Waals surface area contributed by atoms with Gasteiger partial charge >= 0.3 is 5.69 Å². The standard InChI is InChI=1S/C13H10N4O3/c14-16-15-11-6-7-12(17(18)19)13(8-11)20-9-10-4-2-1-3-5-10/h1-8H,9H2. The number of hydrogen-bond donors (Lipinski definition) is 0. The Kier molecular flexibility index (Phi) is 4.16. The Hall–Kier alpha value is -3.05. The van der Waals surface area contributed by atoms with Crippen molar-refractivity contribution in [3.63, 3.8) is 0 Å². The summed E-state index contributed by atoms with van der Waals surface area (Å²) in [7, 11) is 0. The first kappa shape index (κ1) is 13.4. The fourth-order valence-electron chi connectivity index (χ4n) is 1.62. The lowest BCUT2D eigenvalue weighted by molar-refractivity contribution is -0.385. The summed E-state index contributed by atoms with van der Waals surface area (Å²) >= 11 is 0. The highest BCUT2D eigenvalue weighted by Crippen LogP contribution is 2.31. The summed E-state index contributed by atoms with van der Waals surface area (Å²) in [5.41, 5.74) is 9.36. The lowest BCUT2D eigenvalue weighted by Crippen LogP contribution is -1.98. The minimum atomic E-state index is -0.541. The molecule has 0 unspecified atom stereocenters. The van der Waals surface area contributed by atoms with E-state index >= 15 is 0 Å². The monoisotopic (exact) mass is 270 g/mol. The van der Waals surface area contributed by atoms with Crippen LogP contribution in [0.3, 0.4) is 0 Å². The SMILES string of the molecule is [N-]=[N+]=Nc1ccc([N+](=O)[O-])c(OCc2ccccc2)c1. The maximum atomic E-state index is 10.9. The van der Waals surface area contributed by atoms with Gasteiger partial charge in [-0.05, 0) is 23.2 Å². The molecule has 2 aromatic carbocycles. The molecule has 0 bridgehead atoms. The molecule has 0 aliphatic rings. The molecule has 7 heteroatoms. The van der Waals surface area contributed by atoms with Crippen molar-refractivity contribution in [2.24, 2.45) is 5.11 Å². The largest absolute Gasteiger partial charge is 0.482 e. The van der Waals surface area contributed by atoms with Crippen LogP contribution in [0.15, 0.2) is 53.6 Å². The molecule has 0 heterocycles. The van der Waals surface area contributed by atoms with E-state index < -0.39 is 4.92 Å². The van der Waals surface area contributed by atoms with Crippen molar-refractivity contribution in [3.8, 4) is 5.75 Å². The van der Waals surface area contributed by atoms with Gasteiger partial charge in [-0.2, -0.15) is 0 Å². The summed E-state index contributed by atoms with van der Waals surface area (Å²) in [6.07, 6.45) is 0. The van der Waals surface area contributed by atoms with Crippen LogP contribution < -0.4 is 4.74 Å². The van der Waals surface area contributed by atoms with Crippen LogP contribution in [-0.4, -0.2) is 4.92 Å². The average Bonchev–Trinajstić information content (AvgIpc) is 2.46. The second kappa shape index (κ2) is 6.21. The van der Waals surface area contributed by atoms with E-state index in [1.54, 1.807) is 0 Å². The van der Waals surface area contributed by atoms with Gasteiger partial charge in [0, 0.05) is 16.7 Å². The summed E-state index contributed by atoms with van der Waals surface area (Å²) in [5, 5.41) is 14.3. The maximum Gasteiger partial charge on any atom is 0.310 e. The van der Waals surface area contributed by atoms with Gasteiger partial charge in [0.05, 0.1) is 4.92 Å². The van der Waals surface area contributed by atoms with Crippen LogP contribution >= 0.6 is 0 Å². The number of nitrogens with zero attached hydrogens (tertiary/aromatic N) is 4. The molecule has 0 aliphatic heterocycles. The predicted molar refractivity (Wildman–Crippen MR) is 72.7 cm³/mol. The van der Waals surface area contributed by atoms with E-state index in [4.69, 9.17) is 10.3 Å². The zero-order valence-corrected chi connectivity index (χ0v) is 10.3. The maximum absolute atomic E-state index is 10.9. The molecule has 0 fully saturated rings. The van der Waals surface area contributed by atoms with Crippen molar-refractivity contribution in [1.82, 2.24) is 0 Å². The third-order valence-corrected chi connectivity index (χ3v) is 2.54. The molecule has 0 saturated carbocycles. The summed E-state index contributed by atoms with van der Waals surface area (Å²) < 4.78 is 5.45. The van der Waals surface area contributed by atoms with Crippen molar-refractivity contribution in [2.45, 2.75) is 6.61 Å². The highest BCUT2D eigenvalue weighted by atomic mass is 16.6. The van der Waals surface area contributed by atoms with Crippen molar-refractivity contribution in [3.05, 3.63) is 74.7 Å². The first-order valence-electron chi connectivity index (χ1n) is 5.71. The van der Waals surface area contributed by atoms with Crippen LogP contribution in [0.2, 0.25) is 0 Å². The van der Waals surface area contributed by atoms with E-state index in [9.17, 15) is 10.1 Å². The molecule has 0 saturated heterocycles. The second-order valence-corrected chi connectivity index (χ2v) is 3.87. The molecule has 2 rings (SSSR count). The molecule has 0 aromatic heterocycles. The summed E-state index contributed by atoms with van der Waals surface area (Å²) in [5.74, 6) is 0.0729. The predicted octanol–water partition coefficient (Wildman–Crippen LogP) is 4.12. The normalized spacial score (nSPS) is 9.60. The second-order valence-electron chi connectivity index (χ2n) is 3.87. The van der Waals surface area contributed by atoms with Gasteiger partial charge in [-0.15, -0.1) is 0 Å². The Morgan fingerprint density at radius 2 is 2.00 bits per heavy atom. The molecule has 0 atom stereocenters. The van der Waals surface area contributed by atoms with Gasteiger partial charge < -0.3 is 4.74 Å². The highest BCUT2D eigenvalue weighted by Gasteiger charge is 2.15. The summed E-state index contributed by atoms with van der Waals surface area (Å²) in [6.45, 7) is 0.196. The van der Waals surface area contributed by atoms with E-state index in [0.29, 0.717) is 0 Å². The number of nitro groups is 1.